The summed E-state index contributed by atoms with van der Waals surface area (Å²) in [5, 5.41) is 13.8. The smallest absolute Gasteiger partial charge is 0.162 e. The number of hydrogen-bond donors (Lipinski definition) is 1. The quantitative estimate of drug-likeness (QED) is 0.662. The van der Waals surface area contributed by atoms with E-state index in [1.807, 2.05) is 67.6 Å². The molecule has 0 amide bonds. The molecule has 1 aliphatic heterocycles. The average Bonchev–Trinajstić information content (AvgIpc) is 2.81. The van der Waals surface area contributed by atoms with Crippen LogP contribution in [0, 0.1) is 16.7 Å². The fraction of sp³-hybridized carbons (Fsp3) is 0.357. The van der Waals surface area contributed by atoms with Gasteiger partial charge in [0.25, 0.3) is 0 Å². The first-order chi connectivity index (χ1) is 16.7. The maximum absolute atomic E-state index is 13.5. The van der Waals surface area contributed by atoms with E-state index in [0.29, 0.717) is 47.9 Å². The van der Waals surface area contributed by atoms with Crippen molar-refractivity contribution in [2.45, 2.75) is 39.2 Å². The van der Waals surface area contributed by atoms with Gasteiger partial charge in [-0.2, -0.15) is 5.26 Å². The van der Waals surface area contributed by atoms with Gasteiger partial charge in [-0.25, -0.2) is 5.01 Å². The molecule has 4 rings (SSSR count). The summed E-state index contributed by atoms with van der Waals surface area (Å²) in [6, 6.07) is 17.7. The molecule has 35 heavy (non-hydrogen) atoms. The van der Waals surface area contributed by atoms with Crippen LogP contribution < -0.4 is 15.2 Å². The van der Waals surface area contributed by atoms with Crippen LogP contribution in [0.25, 0.3) is 0 Å². The summed E-state index contributed by atoms with van der Waals surface area (Å²) in [5.41, 5.74) is 10.00. The third-order valence-electron chi connectivity index (χ3n) is 6.51. The Hall–Kier alpha value is -3.76. The van der Waals surface area contributed by atoms with Crippen molar-refractivity contribution < 1.29 is 14.3 Å². The molecule has 0 bridgehead atoms. The first kappa shape index (κ1) is 24.4. The fourth-order valence-corrected chi connectivity index (χ4v) is 5.00. The van der Waals surface area contributed by atoms with Crippen LogP contribution in [0.5, 0.6) is 11.5 Å². The number of allylic oxidation sites excluding steroid dienone is 3. The number of benzene rings is 2. The summed E-state index contributed by atoms with van der Waals surface area (Å²) in [5.74, 6) is 0.945. The van der Waals surface area contributed by atoms with E-state index in [1.165, 1.54) is 0 Å². The number of methoxy groups -OCH3 is 1. The molecule has 1 aliphatic carbocycles. The summed E-state index contributed by atoms with van der Waals surface area (Å²) in [7, 11) is 5.30. The number of ether oxygens (including phenoxy) is 2. The largest absolute Gasteiger partial charge is 0.493 e. The lowest BCUT2D eigenvalue weighted by molar-refractivity contribution is -0.119. The molecule has 7 nitrogen and oxygen atoms in total. The molecule has 0 unspecified atom stereocenters. The van der Waals surface area contributed by atoms with E-state index in [-0.39, 0.29) is 11.2 Å². The number of rotatable bonds is 6. The summed E-state index contributed by atoms with van der Waals surface area (Å²) < 4.78 is 11.7. The van der Waals surface area contributed by atoms with Crippen molar-refractivity contribution in [3.05, 3.63) is 82.3 Å². The van der Waals surface area contributed by atoms with Gasteiger partial charge in [0.15, 0.2) is 17.3 Å². The highest BCUT2D eigenvalue weighted by Crippen LogP contribution is 2.50. The second-order valence-corrected chi connectivity index (χ2v) is 9.99. The third-order valence-corrected chi connectivity index (χ3v) is 6.51. The van der Waals surface area contributed by atoms with E-state index in [2.05, 4.69) is 19.9 Å². The molecule has 2 aromatic rings. The second-order valence-electron chi connectivity index (χ2n) is 9.99. The van der Waals surface area contributed by atoms with Crippen molar-refractivity contribution in [2.75, 3.05) is 21.2 Å². The molecule has 0 spiro atoms. The van der Waals surface area contributed by atoms with Gasteiger partial charge in [-0.05, 0) is 35.1 Å². The lowest BCUT2D eigenvalue weighted by Crippen LogP contribution is -2.47. The highest BCUT2D eigenvalue weighted by Gasteiger charge is 2.45. The summed E-state index contributed by atoms with van der Waals surface area (Å²) >= 11 is 0. The number of Topliss-reactive ketones (excluding diaryl/α,β-unsaturated/α-hetero) is 1. The van der Waals surface area contributed by atoms with Crippen molar-refractivity contribution in [2.24, 2.45) is 11.1 Å². The number of carbonyl (C=O) groups excluding carboxylic acids is 1. The van der Waals surface area contributed by atoms with Crippen LogP contribution in [0.4, 0.5) is 0 Å². The van der Waals surface area contributed by atoms with Crippen molar-refractivity contribution in [1.82, 2.24) is 10.0 Å². The Kier molecular flexibility index (Phi) is 6.60. The Bertz CT molecular complexity index is 1240. The molecular formula is C28H32N4O3. The predicted octanol–water partition coefficient (Wildman–Crippen LogP) is 4.49. The molecule has 2 aliphatic rings. The van der Waals surface area contributed by atoms with Gasteiger partial charge < -0.3 is 15.2 Å². The van der Waals surface area contributed by atoms with E-state index < -0.39 is 5.92 Å². The first-order valence-corrected chi connectivity index (χ1v) is 11.6. The second kappa shape index (κ2) is 9.47. The average molecular weight is 473 g/mol. The van der Waals surface area contributed by atoms with Crippen molar-refractivity contribution in [3.63, 3.8) is 0 Å². The molecule has 0 radical (unpaired) electrons. The number of nitrogens with zero attached hydrogens (tertiary/aromatic N) is 3. The Morgan fingerprint density at radius 3 is 2.49 bits per heavy atom. The van der Waals surface area contributed by atoms with E-state index in [0.717, 1.165) is 16.8 Å². The standard InChI is InChI=1S/C28H32N4O3/c1-28(2)14-21-26(22(33)15-28)25(20(16-29)27(30)32(21)31(3)4)19-11-12-23(24(13-19)34-5)35-17-18-9-7-6-8-10-18/h6-13,25H,14-15,17,30H2,1-5H3/t25-/m0/s1. The number of nitrogens with two attached hydrogens (primary N) is 1. The van der Waals surface area contributed by atoms with Crippen LogP contribution >= 0.6 is 0 Å². The minimum Gasteiger partial charge on any atom is -0.493 e. The summed E-state index contributed by atoms with van der Waals surface area (Å²) in [6.07, 6.45) is 1.09. The minimum atomic E-state index is -0.563. The number of hydrogen-bond acceptors (Lipinski definition) is 7. The predicted molar refractivity (Wildman–Crippen MR) is 134 cm³/mol. The van der Waals surface area contributed by atoms with Gasteiger partial charge in [-0.1, -0.05) is 50.2 Å². The van der Waals surface area contributed by atoms with Gasteiger partial charge in [-0.3, -0.25) is 9.80 Å². The first-order valence-electron chi connectivity index (χ1n) is 11.6. The van der Waals surface area contributed by atoms with Crippen LogP contribution in [0.1, 0.15) is 43.7 Å². The van der Waals surface area contributed by atoms with E-state index >= 15 is 0 Å². The number of ketones is 1. The summed E-state index contributed by atoms with van der Waals surface area (Å²) in [6.45, 7) is 4.56. The number of hydrazine groups is 1. The Balaban J connectivity index is 1.79. The van der Waals surface area contributed by atoms with Crippen LogP contribution in [0.15, 0.2) is 71.2 Å². The highest BCUT2D eigenvalue weighted by molar-refractivity contribution is 6.00. The van der Waals surface area contributed by atoms with Gasteiger partial charge in [0.1, 0.15) is 12.4 Å². The van der Waals surface area contributed by atoms with Gasteiger partial charge in [-0.15, -0.1) is 0 Å². The number of carbonyl (C=O) groups is 1. The zero-order chi connectivity index (χ0) is 25.3. The molecule has 0 fully saturated rings. The molecule has 7 heteroatoms. The Morgan fingerprint density at radius 2 is 1.86 bits per heavy atom. The Morgan fingerprint density at radius 1 is 1.14 bits per heavy atom. The van der Waals surface area contributed by atoms with E-state index in [1.54, 1.807) is 12.1 Å². The van der Waals surface area contributed by atoms with Crippen LogP contribution in [0.2, 0.25) is 0 Å². The molecular weight excluding hydrogens is 440 g/mol. The molecule has 182 valence electrons. The zero-order valence-corrected chi connectivity index (χ0v) is 21.0. The monoisotopic (exact) mass is 472 g/mol. The topological polar surface area (TPSA) is 91.8 Å². The van der Waals surface area contributed by atoms with Crippen LogP contribution in [0.3, 0.4) is 0 Å². The minimum absolute atomic E-state index is 0.0386. The van der Waals surface area contributed by atoms with Gasteiger partial charge in [0, 0.05) is 31.8 Å². The Labute approximate surface area is 207 Å². The molecule has 2 aromatic carbocycles. The molecule has 0 saturated heterocycles. The van der Waals surface area contributed by atoms with Crippen molar-refractivity contribution >= 4 is 5.78 Å². The van der Waals surface area contributed by atoms with Crippen LogP contribution in [-0.2, 0) is 11.4 Å². The SMILES string of the molecule is COc1cc([C@H]2C(C#N)=C(N)N(N(C)C)C3=C2C(=O)CC(C)(C)C3)ccc1OCc1ccccc1. The lowest BCUT2D eigenvalue weighted by Gasteiger charge is -2.45. The van der Waals surface area contributed by atoms with Gasteiger partial charge in [0.05, 0.1) is 24.7 Å². The van der Waals surface area contributed by atoms with Crippen molar-refractivity contribution in [3.8, 4) is 17.6 Å². The summed E-state index contributed by atoms with van der Waals surface area (Å²) in [4.78, 5) is 13.5. The van der Waals surface area contributed by atoms with E-state index in [9.17, 15) is 10.1 Å². The van der Waals surface area contributed by atoms with Crippen molar-refractivity contribution in [1.29, 1.82) is 5.26 Å². The molecule has 0 aromatic heterocycles. The molecule has 0 saturated carbocycles. The van der Waals surface area contributed by atoms with Gasteiger partial charge >= 0.3 is 0 Å². The third kappa shape index (κ3) is 4.62. The maximum Gasteiger partial charge on any atom is 0.162 e. The van der Waals surface area contributed by atoms with Crippen LogP contribution in [-0.4, -0.2) is 37.0 Å². The lowest BCUT2D eigenvalue weighted by atomic mass is 9.69. The van der Waals surface area contributed by atoms with Gasteiger partial charge in [0.2, 0.25) is 0 Å². The molecule has 1 heterocycles. The van der Waals surface area contributed by atoms with E-state index in [4.69, 9.17) is 15.2 Å². The molecule has 1 atom stereocenters. The normalized spacial score (nSPS) is 19.5. The number of nitriles is 1. The zero-order valence-electron chi connectivity index (χ0n) is 21.0. The highest BCUT2D eigenvalue weighted by atomic mass is 16.5. The molecule has 2 N–H and O–H groups in total. The fourth-order valence-electron chi connectivity index (χ4n) is 5.00. The maximum atomic E-state index is 13.5.